The maximum absolute atomic E-state index is 13.5. The molecular formula is C28H21FN4O. The summed E-state index contributed by atoms with van der Waals surface area (Å²) in [6.07, 6.45) is 4.42. The molecule has 5 aromatic rings. The Labute approximate surface area is 196 Å². The SMILES string of the molecule is COc1ccc2c(c1)CCN2c1nc(-c2cccnc2)nc2ccc(-c3ccc(F)cc3)cc12. The van der Waals surface area contributed by atoms with Gasteiger partial charge in [-0.05, 0) is 77.7 Å². The third-order valence-electron chi connectivity index (χ3n) is 6.21. The number of ether oxygens (including phenoxy) is 1. The normalized spacial score (nSPS) is 12.7. The molecule has 0 amide bonds. The highest BCUT2D eigenvalue weighted by Crippen LogP contribution is 2.40. The van der Waals surface area contributed by atoms with Gasteiger partial charge < -0.3 is 9.64 Å². The smallest absolute Gasteiger partial charge is 0.163 e. The molecule has 3 heterocycles. The number of nitrogens with zero attached hydrogens (tertiary/aromatic N) is 4. The predicted molar refractivity (Wildman–Crippen MR) is 132 cm³/mol. The van der Waals surface area contributed by atoms with Crippen molar-refractivity contribution in [3.63, 3.8) is 0 Å². The van der Waals surface area contributed by atoms with E-state index in [1.807, 2.05) is 30.3 Å². The van der Waals surface area contributed by atoms with Crippen molar-refractivity contribution in [1.29, 1.82) is 0 Å². The topological polar surface area (TPSA) is 51.1 Å². The number of benzene rings is 3. The van der Waals surface area contributed by atoms with Crippen LogP contribution in [0.4, 0.5) is 15.9 Å². The molecule has 0 spiro atoms. The molecule has 0 fully saturated rings. The largest absolute Gasteiger partial charge is 0.497 e. The molecule has 6 heteroatoms. The number of fused-ring (bicyclic) bond motifs is 2. The molecule has 0 atom stereocenters. The van der Waals surface area contributed by atoms with Crippen LogP contribution in [0.5, 0.6) is 5.75 Å². The van der Waals surface area contributed by atoms with Gasteiger partial charge in [-0.3, -0.25) is 4.98 Å². The zero-order valence-corrected chi connectivity index (χ0v) is 18.6. The van der Waals surface area contributed by atoms with Crippen LogP contribution in [0.1, 0.15) is 5.56 Å². The summed E-state index contributed by atoms with van der Waals surface area (Å²) in [6, 6.07) is 22.7. The van der Waals surface area contributed by atoms with Crippen LogP contribution in [0.25, 0.3) is 33.4 Å². The summed E-state index contributed by atoms with van der Waals surface area (Å²) in [4.78, 5) is 16.4. The third kappa shape index (κ3) is 3.53. The van der Waals surface area contributed by atoms with Gasteiger partial charge in [0.15, 0.2) is 5.82 Å². The average molecular weight is 449 g/mol. The van der Waals surface area contributed by atoms with Crippen molar-refractivity contribution in [1.82, 2.24) is 15.0 Å². The highest BCUT2D eigenvalue weighted by atomic mass is 19.1. The summed E-state index contributed by atoms with van der Waals surface area (Å²) in [5.74, 6) is 2.07. The van der Waals surface area contributed by atoms with Gasteiger partial charge in [-0.15, -0.1) is 0 Å². The molecule has 0 saturated heterocycles. The molecule has 166 valence electrons. The predicted octanol–water partition coefficient (Wildman–Crippen LogP) is 6.20. The Morgan fingerprint density at radius 2 is 1.74 bits per heavy atom. The summed E-state index contributed by atoms with van der Waals surface area (Å²) >= 11 is 0. The molecule has 3 aromatic carbocycles. The lowest BCUT2D eigenvalue weighted by Gasteiger charge is -2.21. The fraction of sp³-hybridized carbons (Fsp3) is 0.107. The van der Waals surface area contributed by atoms with Crippen molar-refractivity contribution in [2.24, 2.45) is 0 Å². The van der Waals surface area contributed by atoms with Crippen molar-refractivity contribution < 1.29 is 9.13 Å². The molecule has 1 aliphatic rings. The summed E-state index contributed by atoms with van der Waals surface area (Å²) in [5.41, 5.74) is 5.98. The van der Waals surface area contributed by atoms with E-state index < -0.39 is 0 Å². The Kier molecular flexibility index (Phi) is 4.91. The maximum atomic E-state index is 13.5. The average Bonchev–Trinajstić information content (AvgIpc) is 3.31. The van der Waals surface area contributed by atoms with Gasteiger partial charge in [0.2, 0.25) is 0 Å². The van der Waals surface area contributed by atoms with Crippen molar-refractivity contribution in [3.05, 3.63) is 96.6 Å². The monoisotopic (exact) mass is 448 g/mol. The van der Waals surface area contributed by atoms with Gasteiger partial charge >= 0.3 is 0 Å². The quantitative estimate of drug-likeness (QED) is 0.328. The second-order valence-electron chi connectivity index (χ2n) is 8.25. The minimum atomic E-state index is -0.251. The fourth-order valence-electron chi connectivity index (χ4n) is 4.49. The first kappa shape index (κ1) is 20.3. The third-order valence-corrected chi connectivity index (χ3v) is 6.21. The Hall–Kier alpha value is -4.32. The molecule has 2 aromatic heterocycles. The molecular weight excluding hydrogens is 427 g/mol. The standard InChI is InChI=1S/C28H21FN4O/c1-34-23-9-11-26-20(15-23)12-14-33(26)28-24-16-19(18-4-7-22(29)8-5-18)6-10-25(24)31-27(32-28)21-3-2-13-30-17-21/h2-11,13,15-17H,12,14H2,1H3. The first-order valence-corrected chi connectivity index (χ1v) is 11.1. The Morgan fingerprint density at radius 1 is 0.882 bits per heavy atom. The van der Waals surface area contributed by atoms with E-state index >= 15 is 0 Å². The summed E-state index contributed by atoms with van der Waals surface area (Å²) in [6.45, 7) is 0.807. The molecule has 0 saturated carbocycles. The molecule has 1 aliphatic heterocycles. The summed E-state index contributed by atoms with van der Waals surface area (Å²) in [7, 11) is 1.68. The lowest BCUT2D eigenvalue weighted by Crippen LogP contribution is -2.16. The van der Waals surface area contributed by atoms with Gasteiger partial charge in [0.05, 0.1) is 12.6 Å². The van der Waals surface area contributed by atoms with Crippen LogP contribution in [0.3, 0.4) is 0 Å². The van der Waals surface area contributed by atoms with Crippen LogP contribution in [0.15, 0.2) is 85.2 Å². The molecule has 0 aliphatic carbocycles. The number of pyridine rings is 1. The number of anilines is 2. The van der Waals surface area contributed by atoms with Crippen LogP contribution >= 0.6 is 0 Å². The molecule has 0 bridgehead atoms. The number of hydrogen-bond donors (Lipinski definition) is 0. The minimum Gasteiger partial charge on any atom is -0.497 e. The van der Waals surface area contributed by atoms with E-state index in [1.165, 1.54) is 17.7 Å². The zero-order valence-electron chi connectivity index (χ0n) is 18.6. The maximum Gasteiger partial charge on any atom is 0.163 e. The van der Waals surface area contributed by atoms with E-state index in [0.29, 0.717) is 5.82 Å². The van der Waals surface area contributed by atoms with Crippen LogP contribution in [0, 0.1) is 5.82 Å². The van der Waals surface area contributed by atoms with Crippen molar-refractivity contribution >= 4 is 22.4 Å². The van der Waals surface area contributed by atoms with Gasteiger partial charge in [-0.25, -0.2) is 14.4 Å². The Morgan fingerprint density at radius 3 is 2.53 bits per heavy atom. The van der Waals surface area contributed by atoms with Crippen LogP contribution in [-0.2, 0) is 6.42 Å². The Balaban J connectivity index is 1.56. The van der Waals surface area contributed by atoms with Crippen LogP contribution in [-0.4, -0.2) is 28.6 Å². The van der Waals surface area contributed by atoms with E-state index in [0.717, 1.165) is 57.8 Å². The molecule has 0 N–H and O–H groups in total. The van der Waals surface area contributed by atoms with E-state index in [4.69, 9.17) is 14.7 Å². The van der Waals surface area contributed by atoms with Gasteiger partial charge in [-0.1, -0.05) is 18.2 Å². The lowest BCUT2D eigenvalue weighted by atomic mass is 10.0. The second kappa shape index (κ2) is 8.23. The number of halogens is 1. The van der Waals surface area contributed by atoms with Crippen LogP contribution in [0.2, 0.25) is 0 Å². The lowest BCUT2D eigenvalue weighted by molar-refractivity contribution is 0.414. The van der Waals surface area contributed by atoms with Crippen molar-refractivity contribution in [2.75, 3.05) is 18.6 Å². The first-order chi connectivity index (χ1) is 16.7. The van der Waals surface area contributed by atoms with E-state index in [-0.39, 0.29) is 5.82 Å². The number of rotatable bonds is 4. The molecule has 34 heavy (non-hydrogen) atoms. The zero-order chi connectivity index (χ0) is 23.1. The van der Waals surface area contributed by atoms with Crippen LogP contribution < -0.4 is 9.64 Å². The number of hydrogen-bond acceptors (Lipinski definition) is 5. The van der Waals surface area contributed by atoms with E-state index in [2.05, 4.69) is 28.1 Å². The number of methoxy groups -OCH3 is 1. The Bertz CT molecular complexity index is 1500. The number of aromatic nitrogens is 3. The second-order valence-corrected chi connectivity index (χ2v) is 8.25. The molecule has 0 unspecified atom stereocenters. The highest BCUT2D eigenvalue weighted by molar-refractivity contribution is 5.96. The summed E-state index contributed by atoms with van der Waals surface area (Å²) < 4.78 is 18.9. The molecule has 0 radical (unpaired) electrons. The molecule has 5 nitrogen and oxygen atoms in total. The van der Waals surface area contributed by atoms with Gasteiger partial charge in [0, 0.05) is 35.6 Å². The summed E-state index contributed by atoms with van der Waals surface area (Å²) in [5, 5.41) is 0.943. The van der Waals surface area contributed by atoms with Gasteiger partial charge in [-0.2, -0.15) is 0 Å². The highest BCUT2D eigenvalue weighted by Gasteiger charge is 2.25. The van der Waals surface area contributed by atoms with E-state index in [1.54, 1.807) is 31.6 Å². The molecule has 6 rings (SSSR count). The fourth-order valence-corrected chi connectivity index (χ4v) is 4.49. The van der Waals surface area contributed by atoms with Crippen molar-refractivity contribution in [2.45, 2.75) is 6.42 Å². The minimum absolute atomic E-state index is 0.251. The van der Waals surface area contributed by atoms with Crippen molar-refractivity contribution in [3.8, 4) is 28.3 Å². The van der Waals surface area contributed by atoms with E-state index in [9.17, 15) is 4.39 Å². The van der Waals surface area contributed by atoms with Gasteiger partial charge in [0.1, 0.15) is 17.4 Å². The van der Waals surface area contributed by atoms with Gasteiger partial charge in [0.25, 0.3) is 0 Å². The first-order valence-electron chi connectivity index (χ1n) is 11.1.